The summed E-state index contributed by atoms with van der Waals surface area (Å²) >= 11 is 0. The molecule has 1 aromatic carbocycles. The number of hydrogen-bond acceptors (Lipinski definition) is 6. The molecule has 152 valence electrons. The van der Waals surface area contributed by atoms with Gasteiger partial charge in [0.05, 0.1) is 20.1 Å². The summed E-state index contributed by atoms with van der Waals surface area (Å²) in [5.41, 5.74) is 5.35. The number of carbonyl (C=O) groups excluding carboxylic acids is 1. The lowest BCUT2D eigenvalue weighted by molar-refractivity contribution is -0.123. The van der Waals surface area contributed by atoms with E-state index in [1.165, 1.54) is 14.2 Å². The number of benzene rings is 1. The molecule has 1 aromatic rings. The third-order valence-electron chi connectivity index (χ3n) is 4.58. The van der Waals surface area contributed by atoms with Crippen LogP contribution in [0.25, 0.3) is 0 Å². The molecule has 1 amide bonds. The summed E-state index contributed by atoms with van der Waals surface area (Å²) in [5, 5.41) is 0. The van der Waals surface area contributed by atoms with E-state index in [9.17, 15) is 17.6 Å². The fourth-order valence-electron chi connectivity index (χ4n) is 3.12. The molecule has 3 N–H and O–H groups in total. The molecule has 0 bridgehead atoms. The Morgan fingerprint density at radius 2 is 2.00 bits per heavy atom. The molecule has 8 nitrogen and oxygen atoms in total. The number of carbonyl (C=O) groups is 1. The smallest absolute Gasteiger partial charge is 0.243 e. The first-order valence-electron chi connectivity index (χ1n) is 8.71. The lowest BCUT2D eigenvalue weighted by Gasteiger charge is -2.31. The van der Waals surface area contributed by atoms with Gasteiger partial charge in [0.25, 0.3) is 0 Å². The van der Waals surface area contributed by atoms with Gasteiger partial charge in [-0.3, -0.25) is 4.79 Å². The maximum Gasteiger partial charge on any atom is 0.243 e. The Morgan fingerprint density at radius 1 is 1.33 bits per heavy atom. The van der Waals surface area contributed by atoms with Crippen molar-refractivity contribution >= 4 is 15.9 Å². The van der Waals surface area contributed by atoms with Crippen molar-refractivity contribution in [3.8, 4) is 11.5 Å². The Balaban J connectivity index is 1.92. The van der Waals surface area contributed by atoms with Gasteiger partial charge < -0.3 is 20.1 Å². The van der Waals surface area contributed by atoms with Crippen LogP contribution in [0.5, 0.6) is 11.5 Å². The molecule has 0 aliphatic carbocycles. The molecule has 0 saturated carbocycles. The zero-order valence-corrected chi connectivity index (χ0v) is 16.4. The van der Waals surface area contributed by atoms with Gasteiger partial charge >= 0.3 is 0 Å². The minimum atomic E-state index is -4.03. The summed E-state index contributed by atoms with van der Waals surface area (Å²) < 4.78 is 51.3. The first kappa shape index (κ1) is 21.4. The van der Waals surface area contributed by atoms with E-state index < -0.39 is 20.7 Å². The van der Waals surface area contributed by atoms with Crippen LogP contribution >= 0.6 is 0 Å². The quantitative estimate of drug-likeness (QED) is 0.588. The average molecular weight is 403 g/mol. The number of sulfonamides is 1. The molecule has 27 heavy (non-hydrogen) atoms. The molecule has 1 heterocycles. The highest BCUT2D eigenvalue weighted by Gasteiger charge is 2.24. The second-order valence-corrected chi connectivity index (χ2v) is 8.17. The Hall–Kier alpha value is -1.91. The standard InChI is InChI=1S/C17H26FN3O5S/c1-25-14-9-13(18)16(10-15(14)26-2)27(23,24)20-6-4-8-21-7-3-5-12(11-21)17(19)22/h9-10,12,20H,3-8,11H2,1-2H3,(H2,19,22). The summed E-state index contributed by atoms with van der Waals surface area (Å²) in [5.74, 6) is -1.13. The first-order valence-corrected chi connectivity index (χ1v) is 10.2. The normalized spacial score (nSPS) is 18.3. The first-order chi connectivity index (χ1) is 12.8. The minimum absolute atomic E-state index is 0.114. The summed E-state index contributed by atoms with van der Waals surface area (Å²) in [4.78, 5) is 12.9. The van der Waals surface area contributed by atoms with Gasteiger partial charge in [-0.2, -0.15) is 0 Å². The molecular formula is C17H26FN3O5S. The summed E-state index contributed by atoms with van der Waals surface area (Å²) in [6.07, 6.45) is 2.20. The third kappa shape index (κ3) is 5.53. The number of likely N-dealkylation sites (tertiary alicyclic amines) is 1. The number of halogens is 1. The van der Waals surface area contributed by atoms with Crippen LogP contribution < -0.4 is 19.9 Å². The predicted molar refractivity (Wildman–Crippen MR) is 97.7 cm³/mol. The van der Waals surface area contributed by atoms with Gasteiger partial charge in [0.1, 0.15) is 10.7 Å². The number of nitrogens with one attached hydrogen (secondary N) is 1. The Kier molecular flexibility index (Phi) is 7.40. The zero-order chi connectivity index (χ0) is 20.0. The van der Waals surface area contributed by atoms with Crippen LogP contribution in [0.15, 0.2) is 17.0 Å². The lowest BCUT2D eigenvalue weighted by Crippen LogP contribution is -2.42. The van der Waals surface area contributed by atoms with E-state index in [2.05, 4.69) is 9.62 Å². The molecule has 1 aliphatic rings. The van der Waals surface area contributed by atoms with E-state index in [0.29, 0.717) is 19.5 Å². The molecule has 0 radical (unpaired) electrons. The molecule has 1 aliphatic heterocycles. The van der Waals surface area contributed by atoms with Crippen LogP contribution in [0.2, 0.25) is 0 Å². The van der Waals surface area contributed by atoms with Crippen LogP contribution in [0, 0.1) is 11.7 Å². The van der Waals surface area contributed by atoms with Gasteiger partial charge in [-0.15, -0.1) is 0 Å². The number of ether oxygens (including phenoxy) is 2. The molecule has 0 aromatic heterocycles. The van der Waals surface area contributed by atoms with Gasteiger partial charge in [0, 0.05) is 25.2 Å². The van der Waals surface area contributed by atoms with Gasteiger partial charge in [-0.25, -0.2) is 17.5 Å². The number of hydrogen-bond donors (Lipinski definition) is 2. The van der Waals surface area contributed by atoms with Crippen LogP contribution in [0.1, 0.15) is 19.3 Å². The summed E-state index contributed by atoms with van der Waals surface area (Å²) in [6, 6.07) is 2.07. The Bertz CT molecular complexity index is 772. The van der Waals surface area contributed by atoms with Crippen molar-refractivity contribution in [2.75, 3.05) is 40.4 Å². The zero-order valence-electron chi connectivity index (χ0n) is 15.5. The highest BCUT2D eigenvalue weighted by Crippen LogP contribution is 2.31. The highest BCUT2D eigenvalue weighted by molar-refractivity contribution is 7.89. The molecular weight excluding hydrogens is 377 g/mol. The predicted octanol–water partition coefficient (Wildman–Crippen LogP) is 0.709. The van der Waals surface area contributed by atoms with Gasteiger partial charge in [0.15, 0.2) is 11.5 Å². The molecule has 1 fully saturated rings. The van der Waals surface area contributed by atoms with Crippen LogP contribution in [-0.2, 0) is 14.8 Å². The van der Waals surface area contributed by atoms with E-state index >= 15 is 0 Å². The number of nitrogens with zero attached hydrogens (tertiary/aromatic N) is 1. The van der Waals surface area contributed by atoms with E-state index in [-0.39, 0.29) is 29.9 Å². The monoisotopic (exact) mass is 403 g/mol. The number of piperidine rings is 1. The molecule has 1 atom stereocenters. The van der Waals surface area contributed by atoms with Crippen molar-refractivity contribution in [3.05, 3.63) is 17.9 Å². The molecule has 1 saturated heterocycles. The van der Waals surface area contributed by atoms with Crippen molar-refractivity contribution in [1.82, 2.24) is 9.62 Å². The molecule has 10 heteroatoms. The lowest BCUT2D eigenvalue weighted by atomic mass is 9.97. The SMILES string of the molecule is COc1cc(F)c(S(=O)(=O)NCCCN2CCCC(C(N)=O)C2)cc1OC. The molecule has 2 rings (SSSR count). The van der Waals surface area contributed by atoms with Crippen molar-refractivity contribution in [1.29, 1.82) is 0 Å². The van der Waals surface area contributed by atoms with E-state index in [1.807, 2.05) is 0 Å². The Morgan fingerprint density at radius 3 is 2.63 bits per heavy atom. The van der Waals surface area contributed by atoms with Crippen molar-refractivity contribution in [2.45, 2.75) is 24.2 Å². The number of rotatable bonds is 9. The maximum absolute atomic E-state index is 14.2. The van der Waals surface area contributed by atoms with E-state index in [0.717, 1.165) is 31.5 Å². The van der Waals surface area contributed by atoms with Gasteiger partial charge in [0.2, 0.25) is 15.9 Å². The van der Waals surface area contributed by atoms with Crippen molar-refractivity contribution < 1.29 is 27.1 Å². The number of nitrogens with two attached hydrogens (primary N) is 1. The summed E-state index contributed by atoms with van der Waals surface area (Å²) in [6.45, 7) is 2.21. The van der Waals surface area contributed by atoms with Crippen LogP contribution in [0.3, 0.4) is 0 Å². The highest BCUT2D eigenvalue weighted by atomic mass is 32.2. The fraction of sp³-hybridized carbons (Fsp3) is 0.588. The average Bonchev–Trinajstić information content (AvgIpc) is 2.65. The van der Waals surface area contributed by atoms with E-state index in [4.69, 9.17) is 15.2 Å². The van der Waals surface area contributed by atoms with Gasteiger partial charge in [-0.05, 0) is 32.4 Å². The number of primary amides is 1. The number of methoxy groups -OCH3 is 2. The van der Waals surface area contributed by atoms with E-state index in [1.54, 1.807) is 0 Å². The molecule has 0 spiro atoms. The maximum atomic E-state index is 14.2. The van der Waals surface area contributed by atoms with Crippen molar-refractivity contribution in [3.63, 3.8) is 0 Å². The molecule has 1 unspecified atom stereocenters. The van der Waals surface area contributed by atoms with Gasteiger partial charge in [-0.1, -0.05) is 0 Å². The van der Waals surface area contributed by atoms with Crippen LogP contribution in [0.4, 0.5) is 4.39 Å². The largest absolute Gasteiger partial charge is 0.493 e. The van der Waals surface area contributed by atoms with Crippen molar-refractivity contribution in [2.24, 2.45) is 11.7 Å². The second kappa shape index (κ2) is 9.34. The topological polar surface area (TPSA) is 111 Å². The third-order valence-corrected chi connectivity index (χ3v) is 6.05. The minimum Gasteiger partial charge on any atom is -0.493 e. The fourth-order valence-corrected chi connectivity index (χ4v) is 4.27. The number of amides is 1. The van der Waals surface area contributed by atoms with Crippen LogP contribution in [-0.4, -0.2) is 59.6 Å². The Labute approximate surface area is 158 Å². The second-order valence-electron chi connectivity index (χ2n) is 6.43. The summed E-state index contributed by atoms with van der Waals surface area (Å²) in [7, 11) is -1.34.